The van der Waals surface area contributed by atoms with Crippen molar-refractivity contribution in [3.8, 4) is 0 Å². The zero-order valence-electron chi connectivity index (χ0n) is 9.81. The average Bonchev–Trinajstić information content (AvgIpc) is 2.26. The zero-order chi connectivity index (χ0) is 12.1. The van der Waals surface area contributed by atoms with E-state index in [1.54, 1.807) is 4.90 Å². The third kappa shape index (κ3) is 3.81. The van der Waals surface area contributed by atoms with E-state index in [4.69, 9.17) is 9.84 Å². The standard InChI is InChI=1S/C11H19NO4/c1-8(2)16-7-10(13)12-5-3-4-9(6-12)11(14)15/h8-9H,3-7H2,1-2H3,(H,14,15). The molecule has 5 heteroatoms. The van der Waals surface area contributed by atoms with Crippen molar-refractivity contribution in [1.82, 2.24) is 4.90 Å². The van der Waals surface area contributed by atoms with Crippen LogP contribution in [-0.4, -0.2) is 47.7 Å². The molecule has 0 aliphatic carbocycles. The van der Waals surface area contributed by atoms with E-state index in [1.165, 1.54) is 0 Å². The molecule has 1 aliphatic heterocycles. The van der Waals surface area contributed by atoms with Gasteiger partial charge in [0.2, 0.25) is 5.91 Å². The molecule has 1 unspecified atom stereocenters. The molecule has 1 aliphatic rings. The monoisotopic (exact) mass is 229 g/mol. The van der Waals surface area contributed by atoms with Gasteiger partial charge in [-0.15, -0.1) is 0 Å². The molecule has 0 bridgehead atoms. The highest BCUT2D eigenvalue weighted by atomic mass is 16.5. The summed E-state index contributed by atoms with van der Waals surface area (Å²) in [5, 5.41) is 8.89. The molecule has 5 nitrogen and oxygen atoms in total. The first kappa shape index (κ1) is 13.0. The second-order valence-corrected chi connectivity index (χ2v) is 4.38. The van der Waals surface area contributed by atoms with Crippen molar-refractivity contribution in [2.75, 3.05) is 19.7 Å². The SMILES string of the molecule is CC(C)OCC(=O)N1CCCC(C(=O)O)C1. The van der Waals surface area contributed by atoms with Gasteiger partial charge >= 0.3 is 5.97 Å². The molecule has 1 fully saturated rings. The molecule has 0 aromatic heterocycles. The molecule has 1 N–H and O–H groups in total. The van der Waals surface area contributed by atoms with E-state index >= 15 is 0 Å². The Labute approximate surface area is 95.4 Å². The van der Waals surface area contributed by atoms with Gasteiger partial charge in [0.05, 0.1) is 12.0 Å². The number of rotatable bonds is 4. The van der Waals surface area contributed by atoms with E-state index in [9.17, 15) is 9.59 Å². The quantitative estimate of drug-likeness (QED) is 0.772. The molecule has 1 atom stereocenters. The highest BCUT2D eigenvalue weighted by Crippen LogP contribution is 2.16. The number of piperidine rings is 1. The zero-order valence-corrected chi connectivity index (χ0v) is 9.81. The van der Waals surface area contributed by atoms with Crippen molar-refractivity contribution in [1.29, 1.82) is 0 Å². The summed E-state index contributed by atoms with van der Waals surface area (Å²) < 4.78 is 5.21. The predicted octanol–water partition coefficient (Wildman–Crippen LogP) is 0.735. The van der Waals surface area contributed by atoms with Crippen LogP contribution in [-0.2, 0) is 14.3 Å². The van der Waals surface area contributed by atoms with Crippen molar-refractivity contribution in [3.05, 3.63) is 0 Å². The minimum absolute atomic E-state index is 0.0176. The maximum absolute atomic E-state index is 11.7. The molecule has 1 saturated heterocycles. The highest BCUT2D eigenvalue weighted by molar-refractivity contribution is 5.79. The molecule has 0 radical (unpaired) electrons. The van der Waals surface area contributed by atoms with Gasteiger partial charge in [0.1, 0.15) is 6.61 Å². The summed E-state index contributed by atoms with van der Waals surface area (Å²) in [7, 11) is 0. The third-order valence-electron chi connectivity index (χ3n) is 2.66. The molecule has 1 rings (SSSR count). The van der Waals surface area contributed by atoms with Gasteiger partial charge in [0.15, 0.2) is 0 Å². The Morgan fingerprint density at radius 2 is 2.19 bits per heavy atom. The Morgan fingerprint density at radius 1 is 1.50 bits per heavy atom. The van der Waals surface area contributed by atoms with Crippen LogP contribution in [0.2, 0.25) is 0 Å². The van der Waals surface area contributed by atoms with Crippen LogP contribution in [0.3, 0.4) is 0 Å². The van der Waals surface area contributed by atoms with Gasteiger partial charge in [-0.3, -0.25) is 9.59 Å². The van der Waals surface area contributed by atoms with E-state index in [0.29, 0.717) is 19.5 Å². The summed E-state index contributed by atoms with van der Waals surface area (Å²) in [6, 6.07) is 0. The lowest BCUT2D eigenvalue weighted by Gasteiger charge is -2.30. The van der Waals surface area contributed by atoms with Gasteiger partial charge in [-0.2, -0.15) is 0 Å². The fourth-order valence-electron chi connectivity index (χ4n) is 1.73. The Kier molecular flexibility index (Phi) is 4.73. The van der Waals surface area contributed by atoms with Gasteiger partial charge in [-0.25, -0.2) is 0 Å². The van der Waals surface area contributed by atoms with Crippen LogP contribution in [0.15, 0.2) is 0 Å². The number of aliphatic carboxylic acids is 1. The molecular formula is C11H19NO4. The summed E-state index contributed by atoms with van der Waals surface area (Å²) >= 11 is 0. The van der Waals surface area contributed by atoms with Crippen molar-refractivity contribution in [3.63, 3.8) is 0 Å². The number of hydrogen-bond donors (Lipinski definition) is 1. The molecule has 1 amide bonds. The number of amides is 1. The van der Waals surface area contributed by atoms with Crippen LogP contribution < -0.4 is 0 Å². The van der Waals surface area contributed by atoms with E-state index in [0.717, 1.165) is 6.42 Å². The fourth-order valence-corrected chi connectivity index (χ4v) is 1.73. The highest BCUT2D eigenvalue weighted by Gasteiger charge is 2.27. The maximum atomic E-state index is 11.7. The molecule has 1 heterocycles. The first-order chi connectivity index (χ1) is 7.50. The van der Waals surface area contributed by atoms with E-state index in [1.807, 2.05) is 13.8 Å². The van der Waals surface area contributed by atoms with Crippen LogP contribution in [0.25, 0.3) is 0 Å². The number of nitrogens with zero attached hydrogens (tertiary/aromatic N) is 1. The van der Waals surface area contributed by atoms with Crippen LogP contribution in [0.5, 0.6) is 0 Å². The second kappa shape index (κ2) is 5.84. The lowest BCUT2D eigenvalue weighted by atomic mass is 9.98. The molecule has 92 valence electrons. The molecule has 16 heavy (non-hydrogen) atoms. The Hall–Kier alpha value is -1.10. The van der Waals surface area contributed by atoms with E-state index < -0.39 is 11.9 Å². The van der Waals surface area contributed by atoms with Crippen molar-refractivity contribution < 1.29 is 19.4 Å². The second-order valence-electron chi connectivity index (χ2n) is 4.38. The fraction of sp³-hybridized carbons (Fsp3) is 0.818. The average molecular weight is 229 g/mol. The molecule has 0 saturated carbocycles. The maximum Gasteiger partial charge on any atom is 0.308 e. The van der Waals surface area contributed by atoms with Gasteiger partial charge in [0, 0.05) is 13.1 Å². The summed E-state index contributed by atoms with van der Waals surface area (Å²) in [5.41, 5.74) is 0. The molecular weight excluding hydrogens is 210 g/mol. The number of ether oxygens (including phenoxy) is 1. The smallest absolute Gasteiger partial charge is 0.308 e. The Balaban J connectivity index is 2.41. The first-order valence-corrected chi connectivity index (χ1v) is 5.63. The number of carboxylic acid groups (broad SMARTS) is 1. The third-order valence-corrected chi connectivity index (χ3v) is 2.66. The lowest BCUT2D eigenvalue weighted by molar-refractivity contribution is -0.147. The van der Waals surface area contributed by atoms with Crippen LogP contribution in [0.1, 0.15) is 26.7 Å². The van der Waals surface area contributed by atoms with Gasteiger partial charge in [0.25, 0.3) is 0 Å². The number of likely N-dealkylation sites (tertiary alicyclic amines) is 1. The van der Waals surface area contributed by atoms with Crippen molar-refractivity contribution >= 4 is 11.9 Å². The minimum Gasteiger partial charge on any atom is -0.481 e. The van der Waals surface area contributed by atoms with Crippen molar-refractivity contribution in [2.24, 2.45) is 5.92 Å². The summed E-state index contributed by atoms with van der Waals surface area (Å²) in [4.78, 5) is 24.1. The number of carboxylic acids is 1. The number of hydrogen-bond acceptors (Lipinski definition) is 3. The van der Waals surface area contributed by atoms with Crippen LogP contribution >= 0.6 is 0 Å². The summed E-state index contributed by atoms with van der Waals surface area (Å²) in [5.74, 6) is -1.35. The molecule has 0 aromatic rings. The summed E-state index contributed by atoms with van der Waals surface area (Å²) in [6.45, 7) is 4.73. The van der Waals surface area contributed by atoms with Crippen LogP contribution in [0.4, 0.5) is 0 Å². The molecule has 0 aromatic carbocycles. The van der Waals surface area contributed by atoms with E-state index in [2.05, 4.69) is 0 Å². The van der Waals surface area contributed by atoms with Gasteiger partial charge < -0.3 is 14.7 Å². The van der Waals surface area contributed by atoms with Gasteiger partial charge in [-0.05, 0) is 26.7 Å². The Morgan fingerprint density at radius 3 is 2.75 bits per heavy atom. The van der Waals surface area contributed by atoms with Crippen LogP contribution in [0, 0.1) is 5.92 Å². The molecule has 0 spiro atoms. The largest absolute Gasteiger partial charge is 0.481 e. The normalized spacial score (nSPS) is 21.2. The Bertz CT molecular complexity index is 265. The number of carbonyl (C=O) groups is 2. The van der Waals surface area contributed by atoms with Gasteiger partial charge in [-0.1, -0.05) is 0 Å². The topological polar surface area (TPSA) is 66.8 Å². The van der Waals surface area contributed by atoms with E-state index in [-0.39, 0.29) is 18.6 Å². The minimum atomic E-state index is -0.817. The predicted molar refractivity (Wildman–Crippen MR) is 58.0 cm³/mol. The number of carbonyl (C=O) groups excluding carboxylic acids is 1. The van der Waals surface area contributed by atoms with Crippen molar-refractivity contribution in [2.45, 2.75) is 32.8 Å². The lowest BCUT2D eigenvalue weighted by Crippen LogP contribution is -2.44. The first-order valence-electron chi connectivity index (χ1n) is 5.63. The summed E-state index contributed by atoms with van der Waals surface area (Å²) in [6.07, 6.45) is 1.43.